The fraction of sp³-hybridized carbons (Fsp3) is 0.417. The van der Waals surface area contributed by atoms with Gasteiger partial charge in [0, 0.05) is 18.5 Å². The van der Waals surface area contributed by atoms with E-state index in [-0.39, 0.29) is 5.38 Å². The maximum atomic E-state index is 13.6. The number of rotatable bonds is 1. The van der Waals surface area contributed by atoms with Gasteiger partial charge in [0.2, 0.25) is 5.82 Å². The van der Waals surface area contributed by atoms with E-state index in [1.165, 1.54) is 4.90 Å². The van der Waals surface area contributed by atoms with Crippen LogP contribution in [-0.4, -0.2) is 34.4 Å². The SMILES string of the molecule is O=C(c1cc(F)c(F)c(O)c1F)N1CCC(Cl)CC1. The van der Waals surface area contributed by atoms with E-state index < -0.39 is 34.7 Å². The molecule has 104 valence electrons. The Labute approximate surface area is 112 Å². The summed E-state index contributed by atoms with van der Waals surface area (Å²) in [7, 11) is 0. The number of phenolic OH excluding ortho intramolecular Hbond substituents is 1. The third-order valence-corrected chi connectivity index (χ3v) is 3.51. The lowest BCUT2D eigenvalue weighted by Crippen LogP contribution is -2.39. The quantitative estimate of drug-likeness (QED) is 0.639. The highest BCUT2D eigenvalue weighted by Crippen LogP contribution is 2.27. The molecule has 0 aromatic heterocycles. The molecule has 1 amide bonds. The number of carbonyl (C=O) groups excluding carboxylic acids is 1. The van der Waals surface area contributed by atoms with E-state index in [2.05, 4.69) is 0 Å². The highest BCUT2D eigenvalue weighted by atomic mass is 35.5. The summed E-state index contributed by atoms with van der Waals surface area (Å²) in [4.78, 5) is 13.3. The van der Waals surface area contributed by atoms with Crippen molar-refractivity contribution in [1.82, 2.24) is 4.90 Å². The van der Waals surface area contributed by atoms with Crippen LogP contribution in [0.4, 0.5) is 13.2 Å². The van der Waals surface area contributed by atoms with E-state index >= 15 is 0 Å². The molecule has 0 radical (unpaired) electrons. The molecule has 1 aromatic carbocycles. The summed E-state index contributed by atoms with van der Waals surface area (Å²) in [6.45, 7) is 0.623. The number of piperidine rings is 1. The summed E-state index contributed by atoms with van der Waals surface area (Å²) >= 11 is 5.87. The number of nitrogens with zero attached hydrogens (tertiary/aromatic N) is 1. The zero-order valence-electron chi connectivity index (χ0n) is 9.80. The van der Waals surface area contributed by atoms with Crippen LogP contribution in [0.2, 0.25) is 0 Å². The van der Waals surface area contributed by atoms with Crippen molar-refractivity contribution in [2.24, 2.45) is 0 Å². The molecule has 2 rings (SSSR count). The van der Waals surface area contributed by atoms with Crippen LogP contribution < -0.4 is 0 Å². The van der Waals surface area contributed by atoms with E-state index in [4.69, 9.17) is 16.7 Å². The Hall–Kier alpha value is -1.43. The first kappa shape index (κ1) is 14.0. The molecule has 0 saturated carbocycles. The maximum absolute atomic E-state index is 13.6. The first-order valence-electron chi connectivity index (χ1n) is 5.71. The summed E-state index contributed by atoms with van der Waals surface area (Å²) in [5.74, 6) is -6.87. The van der Waals surface area contributed by atoms with Crippen molar-refractivity contribution in [2.75, 3.05) is 13.1 Å². The Kier molecular flexibility index (Phi) is 3.89. The van der Waals surface area contributed by atoms with Gasteiger partial charge in [-0.3, -0.25) is 4.79 Å². The van der Waals surface area contributed by atoms with Gasteiger partial charge in [-0.25, -0.2) is 8.78 Å². The van der Waals surface area contributed by atoms with Gasteiger partial charge in [-0.1, -0.05) is 0 Å². The zero-order valence-corrected chi connectivity index (χ0v) is 10.6. The fourth-order valence-corrected chi connectivity index (χ4v) is 2.16. The van der Waals surface area contributed by atoms with Crippen molar-refractivity contribution in [2.45, 2.75) is 18.2 Å². The number of halogens is 4. The monoisotopic (exact) mass is 293 g/mol. The average Bonchev–Trinajstić information content (AvgIpc) is 2.40. The van der Waals surface area contributed by atoms with Crippen molar-refractivity contribution >= 4 is 17.5 Å². The molecular formula is C12H11ClF3NO2. The van der Waals surface area contributed by atoms with E-state index in [1.807, 2.05) is 0 Å². The molecule has 0 spiro atoms. The molecule has 19 heavy (non-hydrogen) atoms. The first-order chi connectivity index (χ1) is 8.91. The Morgan fingerprint density at radius 1 is 1.26 bits per heavy atom. The number of aromatic hydroxyl groups is 1. The standard InChI is InChI=1S/C12H11ClF3NO2/c13-6-1-3-17(4-2-6)12(19)7-5-8(14)10(16)11(18)9(7)15/h5-6,18H,1-4H2. The third-order valence-electron chi connectivity index (χ3n) is 3.08. The van der Waals surface area contributed by atoms with Crippen LogP contribution in [0, 0.1) is 17.5 Å². The average molecular weight is 294 g/mol. The molecule has 3 nitrogen and oxygen atoms in total. The van der Waals surface area contributed by atoms with Gasteiger partial charge in [0.05, 0.1) is 5.56 Å². The topological polar surface area (TPSA) is 40.5 Å². The second-order valence-electron chi connectivity index (χ2n) is 4.35. The number of likely N-dealkylation sites (tertiary alicyclic amines) is 1. The Morgan fingerprint density at radius 2 is 1.84 bits per heavy atom. The van der Waals surface area contributed by atoms with Crippen molar-refractivity contribution < 1.29 is 23.1 Å². The Morgan fingerprint density at radius 3 is 2.42 bits per heavy atom. The van der Waals surface area contributed by atoms with Gasteiger partial charge in [-0.05, 0) is 18.9 Å². The van der Waals surface area contributed by atoms with Crippen LogP contribution in [0.1, 0.15) is 23.2 Å². The molecule has 1 aliphatic rings. The minimum atomic E-state index is -1.70. The summed E-state index contributed by atoms with van der Waals surface area (Å²) in [6, 6.07) is 0.458. The van der Waals surface area contributed by atoms with Crippen LogP contribution in [0.15, 0.2) is 6.07 Å². The van der Waals surface area contributed by atoms with Gasteiger partial charge in [-0.15, -0.1) is 11.6 Å². The minimum absolute atomic E-state index is 0.0488. The fourth-order valence-electron chi connectivity index (χ4n) is 1.97. The molecule has 1 saturated heterocycles. The molecule has 1 heterocycles. The summed E-state index contributed by atoms with van der Waals surface area (Å²) < 4.78 is 39.6. The lowest BCUT2D eigenvalue weighted by molar-refractivity contribution is 0.0720. The van der Waals surface area contributed by atoms with E-state index in [0.29, 0.717) is 32.0 Å². The van der Waals surface area contributed by atoms with E-state index in [1.54, 1.807) is 0 Å². The smallest absolute Gasteiger partial charge is 0.257 e. The predicted octanol–water partition coefficient (Wildman–Crippen LogP) is 2.65. The summed E-state index contributed by atoms with van der Waals surface area (Å²) in [6.07, 6.45) is 1.09. The van der Waals surface area contributed by atoms with Crippen LogP contribution in [0.3, 0.4) is 0 Å². The molecule has 1 aromatic rings. The highest BCUT2D eigenvalue weighted by Gasteiger charge is 2.28. The maximum Gasteiger partial charge on any atom is 0.257 e. The second-order valence-corrected chi connectivity index (χ2v) is 4.97. The molecule has 0 atom stereocenters. The number of benzene rings is 1. The minimum Gasteiger partial charge on any atom is -0.503 e. The molecule has 1 N–H and O–H groups in total. The van der Waals surface area contributed by atoms with Crippen molar-refractivity contribution in [3.05, 3.63) is 29.1 Å². The summed E-state index contributed by atoms with van der Waals surface area (Å²) in [5.41, 5.74) is -0.676. The van der Waals surface area contributed by atoms with E-state index in [0.717, 1.165) is 0 Å². The van der Waals surface area contributed by atoms with Crippen LogP contribution in [0.5, 0.6) is 5.75 Å². The third kappa shape index (κ3) is 2.63. The number of amides is 1. The summed E-state index contributed by atoms with van der Waals surface area (Å²) in [5, 5.41) is 9.03. The lowest BCUT2D eigenvalue weighted by Gasteiger charge is -2.29. The van der Waals surface area contributed by atoms with Gasteiger partial charge in [0.15, 0.2) is 17.4 Å². The van der Waals surface area contributed by atoms with Gasteiger partial charge in [0.25, 0.3) is 5.91 Å². The highest BCUT2D eigenvalue weighted by molar-refractivity contribution is 6.20. The molecule has 7 heteroatoms. The second kappa shape index (κ2) is 5.28. The predicted molar refractivity (Wildman–Crippen MR) is 62.8 cm³/mol. The molecule has 0 unspecified atom stereocenters. The van der Waals surface area contributed by atoms with Crippen LogP contribution >= 0.6 is 11.6 Å². The van der Waals surface area contributed by atoms with Crippen molar-refractivity contribution in [1.29, 1.82) is 0 Å². The number of alkyl halides is 1. The molecule has 0 bridgehead atoms. The van der Waals surface area contributed by atoms with Gasteiger partial charge >= 0.3 is 0 Å². The molecule has 1 fully saturated rings. The molecule has 1 aliphatic heterocycles. The lowest BCUT2D eigenvalue weighted by atomic mass is 10.1. The Balaban J connectivity index is 2.29. The van der Waals surface area contributed by atoms with E-state index in [9.17, 15) is 18.0 Å². The van der Waals surface area contributed by atoms with Crippen LogP contribution in [0.25, 0.3) is 0 Å². The number of hydrogen-bond donors (Lipinski definition) is 1. The van der Waals surface area contributed by atoms with Gasteiger partial charge in [0.1, 0.15) is 0 Å². The first-order valence-corrected chi connectivity index (χ1v) is 6.15. The number of hydrogen-bond acceptors (Lipinski definition) is 2. The van der Waals surface area contributed by atoms with Gasteiger partial charge in [-0.2, -0.15) is 4.39 Å². The normalized spacial score (nSPS) is 16.7. The molecular weight excluding hydrogens is 283 g/mol. The molecule has 0 aliphatic carbocycles. The Bertz CT molecular complexity index is 516. The number of carbonyl (C=O) groups is 1. The largest absolute Gasteiger partial charge is 0.503 e. The van der Waals surface area contributed by atoms with Crippen LogP contribution in [-0.2, 0) is 0 Å². The van der Waals surface area contributed by atoms with Gasteiger partial charge < -0.3 is 10.0 Å². The zero-order chi connectivity index (χ0) is 14.2. The van der Waals surface area contributed by atoms with Crippen molar-refractivity contribution in [3.63, 3.8) is 0 Å². The van der Waals surface area contributed by atoms with Crippen molar-refractivity contribution in [3.8, 4) is 5.75 Å². The number of phenols is 1.